The highest BCUT2D eigenvalue weighted by Crippen LogP contribution is 2.27. The number of nitrogens with one attached hydrogen (secondary N) is 2. The van der Waals surface area contributed by atoms with E-state index in [-0.39, 0.29) is 5.75 Å². The third kappa shape index (κ3) is 5.61. The molecule has 0 spiro atoms. The van der Waals surface area contributed by atoms with E-state index in [4.69, 9.17) is 23.2 Å². The standard InChI is InChI=1S/C16H18Cl2N2O2S/c1-2-3-10-23(21,22)20-13-6-4-12(5-7-13)19-14-8-9-15(17)16(18)11-14/h4-9,11,19-20H,2-3,10H2,1H3. The Labute approximate surface area is 146 Å². The molecule has 23 heavy (non-hydrogen) atoms. The van der Waals surface area contributed by atoms with E-state index >= 15 is 0 Å². The van der Waals surface area contributed by atoms with E-state index in [0.717, 1.165) is 17.8 Å². The zero-order chi connectivity index (χ0) is 16.9. The maximum Gasteiger partial charge on any atom is 0.232 e. The van der Waals surface area contributed by atoms with Crippen molar-refractivity contribution in [1.82, 2.24) is 0 Å². The molecule has 2 rings (SSSR count). The Morgan fingerprint density at radius 3 is 2.13 bits per heavy atom. The fourth-order valence-corrected chi connectivity index (χ4v) is 3.49. The average Bonchev–Trinajstić information content (AvgIpc) is 2.51. The summed E-state index contributed by atoms with van der Waals surface area (Å²) in [6.45, 7) is 1.96. The minimum Gasteiger partial charge on any atom is -0.355 e. The molecular formula is C16H18Cl2N2O2S. The summed E-state index contributed by atoms with van der Waals surface area (Å²) in [4.78, 5) is 0. The SMILES string of the molecule is CCCCS(=O)(=O)Nc1ccc(Nc2ccc(Cl)c(Cl)c2)cc1. The summed E-state index contributed by atoms with van der Waals surface area (Å²) in [5.74, 6) is 0.132. The summed E-state index contributed by atoms with van der Waals surface area (Å²) in [7, 11) is -3.28. The molecule has 0 amide bonds. The number of anilines is 3. The predicted molar refractivity (Wildman–Crippen MR) is 98.5 cm³/mol. The van der Waals surface area contributed by atoms with E-state index in [1.165, 1.54) is 0 Å². The van der Waals surface area contributed by atoms with Crippen molar-refractivity contribution in [1.29, 1.82) is 0 Å². The number of benzene rings is 2. The van der Waals surface area contributed by atoms with Crippen molar-refractivity contribution in [2.75, 3.05) is 15.8 Å². The zero-order valence-corrected chi connectivity index (χ0v) is 15.0. The van der Waals surface area contributed by atoms with Crippen LogP contribution in [0.25, 0.3) is 0 Å². The van der Waals surface area contributed by atoms with Gasteiger partial charge in [0.1, 0.15) is 0 Å². The zero-order valence-electron chi connectivity index (χ0n) is 12.6. The normalized spacial score (nSPS) is 11.3. The molecule has 0 aliphatic carbocycles. The fraction of sp³-hybridized carbons (Fsp3) is 0.250. The molecule has 2 aromatic carbocycles. The first-order valence-electron chi connectivity index (χ1n) is 7.22. The highest BCUT2D eigenvalue weighted by atomic mass is 35.5. The molecule has 0 saturated heterocycles. The fourth-order valence-electron chi connectivity index (χ4n) is 1.93. The second-order valence-corrected chi connectivity index (χ2v) is 7.76. The van der Waals surface area contributed by atoms with Crippen LogP contribution in [0.3, 0.4) is 0 Å². The largest absolute Gasteiger partial charge is 0.355 e. The molecule has 0 aliphatic heterocycles. The maximum absolute atomic E-state index is 11.9. The van der Waals surface area contributed by atoms with E-state index in [1.807, 2.05) is 13.0 Å². The van der Waals surface area contributed by atoms with Crippen LogP contribution in [0.4, 0.5) is 17.1 Å². The van der Waals surface area contributed by atoms with E-state index in [1.54, 1.807) is 36.4 Å². The Morgan fingerprint density at radius 2 is 1.52 bits per heavy atom. The van der Waals surface area contributed by atoms with Crippen molar-refractivity contribution in [3.05, 3.63) is 52.5 Å². The Kier molecular flexibility index (Phi) is 6.16. The van der Waals surface area contributed by atoms with Gasteiger partial charge in [0.2, 0.25) is 10.0 Å². The van der Waals surface area contributed by atoms with Crippen LogP contribution < -0.4 is 10.0 Å². The lowest BCUT2D eigenvalue weighted by Gasteiger charge is -2.10. The number of hydrogen-bond acceptors (Lipinski definition) is 3. The van der Waals surface area contributed by atoms with Gasteiger partial charge >= 0.3 is 0 Å². The van der Waals surface area contributed by atoms with Gasteiger partial charge in [0, 0.05) is 17.1 Å². The molecule has 0 saturated carbocycles. The van der Waals surface area contributed by atoms with Gasteiger partial charge in [-0.25, -0.2) is 8.42 Å². The Morgan fingerprint density at radius 1 is 0.913 bits per heavy atom. The number of unbranched alkanes of at least 4 members (excludes halogenated alkanes) is 1. The number of hydrogen-bond donors (Lipinski definition) is 2. The van der Waals surface area contributed by atoms with Crippen LogP contribution in [-0.4, -0.2) is 14.2 Å². The van der Waals surface area contributed by atoms with E-state index in [9.17, 15) is 8.42 Å². The van der Waals surface area contributed by atoms with Gasteiger partial charge in [-0.1, -0.05) is 36.5 Å². The second-order valence-electron chi connectivity index (χ2n) is 5.11. The molecule has 7 heteroatoms. The molecule has 0 aromatic heterocycles. The number of sulfonamides is 1. The van der Waals surface area contributed by atoms with Crippen molar-refractivity contribution in [3.8, 4) is 0 Å². The Hall–Kier alpha value is -1.43. The smallest absolute Gasteiger partial charge is 0.232 e. The topological polar surface area (TPSA) is 58.2 Å². The molecule has 0 radical (unpaired) electrons. The van der Waals surface area contributed by atoms with Crippen LogP contribution in [0.1, 0.15) is 19.8 Å². The molecule has 4 nitrogen and oxygen atoms in total. The van der Waals surface area contributed by atoms with Gasteiger partial charge < -0.3 is 5.32 Å². The van der Waals surface area contributed by atoms with Crippen molar-refractivity contribution < 1.29 is 8.42 Å². The van der Waals surface area contributed by atoms with Gasteiger partial charge in [0.15, 0.2) is 0 Å². The first-order valence-corrected chi connectivity index (χ1v) is 9.63. The van der Waals surface area contributed by atoms with Gasteiger partial charge in [-0.15, -0.1) is 0 Å². The first kappa shape index (κ1) is 17.9. The van der Waals surface area contributed by atoms with Gasteiger partial charge in [-0.3, -0.25) is 4.72 Å². The Balaban J connectivity index is 2.03. The summed E-state index contributed by atoms with van der Waals surface area (Å²) in [5, 5.41) is 4.14. The number of halogens is 2. The van der Waals surface area contributed by atoms with Crippen molar-refractivity contribution in [3.63, 3.8) is 0 Å². The van der Waals surface area contributed by atoms with Crippen LogP contribution in [0.15, 0.2) is 42.5 Å². The van der Waals surface area contributed by atoms with Crippen LogP contribution >= 0.6 is 23.2 Å². The molecule has 0 aliphatic rings. The quantitative estimate of drug-likeness (QED) is 0.694. The molecule has 2 N–H and O–H groups in total. The molecule has 0 fully saturated rings. The molecule has 0 heterocycles. The van der Waals surface area contributed by atoms with Crippen LogP contribution in [0, 0.1) is 0 Å². The summed E-state index contributed by atoms with van der Waals surface area (Å²) in [6, 6.07) is 12.3. The van der Waals surface area contributed by atoms with E-state index in [0.29, 0.717) is 22.2 Å². The Bertz CT molecular complexity index is 762. The van der Waals surface area contributed by atoms with E-state index < -0.39 is 10.0 Å². The van der Waals surface area contributed by atoms with Crippen molar-refractivity contribution in [2.24, 2.45) is 0 Å². The molecule has 2 aromatic rings. The monoisotopic (exact) mass is 372 g/mol. The number of rotatable bonds is 7. The van der Waals surface area contributed by atoms with Gasteiger partial charge in [0.05, 0.1) is 15.8 Å². The molecule has 124 valence electrons. The van der Waals surface area contributed by atoms with Crippen molar-refractivity contribution >= 4 is 50.3 Å². The minimum absolute atomic E-state index is 0.132. The highest BCUT2D eigenvalue weighted by Gasteiger charge is 2.09. The third-order valence-corrected chi connectivity index (χ3v) is 5.25. The predicted octanol–water partition coefficient (Wildman–Crippen LogP) is 5.28. The lowest BCUT2D eigenvalue weighted by Crippen LogP contribution is -2.16. The lowest BCUT2D eigenvalue weighted by atomic mass is 10.2. The van der Waals surface area contributed by atoms with Gasteiger partial charge in [0.25, 0.3) is 0 Å². The average molecular weight is 373 g/mol. The third-order valence-electron chi connectivity index (χ3n) is 3.13. The lowest BCUT2D eigenvalue weighted by molar-refractivity contribution is 0.598. The van der Waals surface area contributed by atoms with E-state index in [2.05, 4.69) is 10.0 Å². The van der Waals surface area contributed by atoms with Crippen molar-refractivity contribution in [2.45, 2.75) is 19.8 Å². The summed E-state index contributed by atoms with van der Waals surface area (Å²) < 4.78 is 26.3. The maximum atomic E-state index is 11.9. The molecule has 0 bridgehead atoms. The first-order chi connectivity index (χ1) is 10.9. The molecule has 0 atom stereocenters. The molecule has 0 unspecified atom stereocenters. The van der Waals surface area contributed by atoms with Gasteiger partial charge in [-0.2, -0.15) is 0 Å². The summed E-state index contributed by atoms with van der Waals surface area (Å²) in [5.41, 5.74) is 2.16. The minimum atomic E-state index is -3.28. The van der Waals surface area contributed by atoms with Crippen LogP contribution in [0.2, 0.25) is 10.0 Å². The second kappa shape index (κ2) is 7.90. The van der Waals surface area contributed by atoms with Crippen LogP contribution in [0.5, 0.6) is 0 Å². The van der Waals surface area contributed by atoms with Gasteiger partial charge in [-0.05, 0) is 48.9 Å². The summed E-state index contributed by atoms with van der Waals surface area (Å²) in [6.07, 6.45) is 1.49. The van der Waals surface area contributed by atoms with Crippen LogP contribution in [-0.2, 0) is 10.0 Å². The molecular weight excluding hydrogens is 355 g/mol. The highest BCUT2D eigenvalue weighted by molar-refractivity contribution is 7.92. The summed E-state index contributed by atoms with van der Waals surface area (Å²) >= 11 is 11.8.